The maximum Gasteiger partial charge on any atom is 0.194 e. The summed E-state index contributed by atoms with van der Waals surface area (Å²) in [5.74, 6) is 1.80. The van der Waals surface area contributed by atoms with Crippen LogP contribution in [0.3, 0.4) is 0 Å². The molecule has 23 heavy (non-hydrogen) atoms. The number of anilines is 1. The van der Waals surface area contributed by atoms with Crippen molar-refractivity contribution in [3.8, 4) is 11.4 Å². The van der Waals surface area contributed by atoms with Gasteiger partial charge in [0.1, 0.15) is 0 Å². The van der Waals surface area contributed by atoms with E-state index in [-0.39, 0.29) is 0 Å². The number of benzene rings is 2. The fourth-order valence-electron chi connectivity index (χ4n) is 2.59. The molecule has 116 valence electrons. The molecule has 1 aliphatic rings. The molecule has 0 N–H and O–H groups in total. The maximum atomic E-state index is 4.39. The monoisotopic (exact) mass is 386 g/mol. The number of aromatic nitrogens is 3. The van der Waals surface area contributed by atoms with Gasteiger partial charge in [0, 0.05) is 15.7 Å². The fraction of sp³-hybridized carbons (Fsp3) is 0.176. The lowest BCUT2D eigenvalue weighted by Crippen LogP contribution is -2.30. The summed E-state index contributed by atoms with van der Waals surface area (Å²) in [6.45, 7) is 2.88. The molecule has 1 aromatic heterocycles. The second-order valence-electron chi connectivity index (χ2n) is 5.53. The van der Waals surface area contributed by atoms with Crippen molar-refractivity contribution in [3.63, 3.8) is 0 Å². The second-order valence-corrected chi connectivity index (χ2v) is 7.36. The third-order valence-electron chi connectivity index (χ3n) is 3.88. The summed E-state index contributed by atoms with van der Waals surface area (Å²) in [6.07, 6.45) is 0. The Morgan fingerprint density at radius 3 is 2.48 bits per heavy atom. The van der Waals surface area contributed by atoms with Gasteiger partial charge in [-0.1, -0.05) is 57.5 Å². The van der Waals surface area contributed by atoms with Crippen LogP contribution in [0.2, 0.25) is 0 Å². The van der Waals surface area contributed by atoms with Gasteiger partial charge in [-0.3, -0.25) is 4.57 Å². The van der Waals surface area contributed by atoms with Crippen molar-refractivity contribution in [2.24, 2.45) is 0 Å². The lowest BCUT2D eigenvalue weighted by atomic mass is 10.2. The highest BCUT2D eigenvalue weighted by atomic mass is 79.9. The first-order valence-corrected chi connectivity index (χ1v) is 9.12. The minimum Gasteiger partial charge on any atom is -0.344 e. The Hall–Kier alpha value is -1.79. The maximum absolute atomic E-state index is 4.39. The van der Waals surface area contributed by atoms with Crippen LogP contribution in [0.1, 0.15) is 5.56 Å². The van der Waals surface area contributed by atoms with Gasteiger partial charge in [0.25, 0.3) is 0 Å². The molecule has 2 aromatic carbocycles. The molecule has 0 spiro atoms. The Labute approximate surface area is 147 Å². The lowest BCUT2D eigenvalue weighted by molar-refractivity contribution is 0.608. The van der Waals surface area contributed by atoms with Crippen molar-refractivity contribution in [1.29, 1.82) is 0 Å². The van der Waals surface area contributed by atoms with Gasteiger partial charge in [0.05, 0.1) is 12.5 Å². The fourth-order valence-corrected chi connectivity index (χ4v) is 3.76. The first-order valence-electron chi connectivity index (χ1n) is 7.34. The second kappa shape index (κ2) is 6.02. The molecule has 0 aliphatic carbocycles. The van der Waals surface area contributed by atoms with Crippen molar-refractivity contribution in [2.45, 2.75) is 18.7 Å². The first kappa shape index (κ1) is 14.8. The normalized spacial score (nSPS) is 13.9. The van der Waals surface area contributed by atoms with E-state index in [0.717, 1.165) is 33.6 Å². The van der Waals surface area contributed by atoms with Gasteiger partial charge in [-0.05, 0) is 31.2 Å². The number of fused-ring (bicyclic) bond motifs is 1. The van der Waals surface area contributed by atoms with E-state index in [0.29, 0.717) is 0 Å². The lowest BCUT2D eigenvalue weighted by Gasteiger charge is -2.29. The number of rotatable bonds is 2. The molecule has 0 radical (unpaired) electrons. The van der Waals surface area contributed by atoms with E-state index in [1.165, 1.54) is 11.3 Å². The van der Waals surface area contributed by atoms with Crippen molar-refractivity contribution >= 4 is 33.4 Å². The molecule has 0 fully saturated rings. The van der Waals surface area contributed by atoms with Gasteiger partial charge in [-0.2, -0.15) is 0 Å². The molecule has 3 aromatic rings. The Balaban J connectivity index is 1.67. The zero-order valence-electron chi connectivity index (χ0n) is 12.6. The van der Waals surface area contributed by atoms with Crippen LogP contribution in [0.25, 0.3) is 11.4 Å². The number of thioether (sulfide) groups is 1. The minimum absolute atomic E-state index is 0.768. The average Bonchev–Trinajstić information content (AvgIpc) is 2.99. The first-order chi connectivity index (χ1) is 11.2. The standard InChI is InChI=1S/C17H15BrN4S/c1-12-2-8-15(9-3-12)21-10-22-16(19-20-17(22)23-11-21)13-4-6-14(18)7-5-13/h2-9H,10-11H2,1H3. The minimum atomic E-state index is 0.768. The van der Waals surface area contributed by atoms with Crippen LogP contribution >= 0.6 is 27.7 Å². The van der Waals surface area contributed by atoms with Crippen LogP contribution < -0.4 is 4.90 Å². The highest BCUT2D eigenvalue weighted by molar-refractivity contribution is 9.10. The van der Waals surface area contributed by atoms with Gasteiger partial charge in [0.2, 0.25) is 0 Å². The van der Waals surface area contributed by atoms with E-state index in [4.69, 9.17) is 0 Å². The predicted octanol–water partition coefficient (Wildman–Crippen LogP) is 4.54. The largest absolute Gasteiger partial charge is 0.344 e. The third kappa shape index (κ3) is 2.88. The topological polar surface area (TPSA) is 34.0 Å². The van der Waals surface area contributed by atoms with E-state index in [1.54, 1.807) is 11.8 Å². The van der Waals surface area contributed by atoms with E-state index < -0.39 is 0 Å². The van der Waals surface area contributed by atoms with Gasteiger partial charge >= 0.3 is 0 Å². The average molecular weight is 387 g/mol. The molecule has 0 unspecified atom stereocenters. The molecule has 6 heteroatoms. The Morgan fingerprint density at radius 2 is 1.74 bits per heavy atom. The molecule has 0 saturated carbocycles. The quantitative estimate of drug-likeness (QED) is 0.647. The van der Waals surface area contributed by atoms with Crippen LogP contribution in [0.4, 0.5) is 5.69 Å². The van der Waals surface area contributed by atoms with Crippen LogP contribution in [0.15, 0.2) is 58.2 Å². The van der Waals surface area contributed by atoms with Crippen molar-refractivity contribution < 1.29 is 0 Å². The predicted molar refractivity (Wildman–Crippen MR) is 97.5 cm³/mol. The molecule has 0 atom stereocenters. The number of halogens is 1. The highest BCUT2D eigenvalue weighted by Crippen LogP contribution is 2.32. The van der Waals surface area contributed by atoms with E-state index >= 15 is 0 Å². The van der Waals surface area contributed by atoms with Gasteiger partial charge in [-0.15, -0.1) is 10.2 Å². The smallest absolute Gasteiger partial charge is 0.194 e. The highest BCUT2D eigenvalue weighted by Gasteiger charge is 2.22. The van der Waals surface area contributed by atoms with E-state index in [9.17, 15) is 0 Å². The van der Waals surface area contributed by atoms with Gasteiger partial charge in [0.15, 0.2) is 11.0 Å². The molecule has 0 amide bonds. The Kier molecular flexibility index (Phi) is 3.87. The Bertz CT molecular complexity index is 827. The molecule has 0 saturated heterocycles. The molecule has 4 nitrogen and oxygen atoms in total. The van der Waals surface area contributed by atoms with E-state index in [1.807, 2.05) is 12.1 Å². The zero-order valence-corrected chi connectivity index (χ0v) is 15.0. The molecule has 1 aliphatic heterocycles. The van der Waals surface area contributed by atoms with Crippen molar-refractivity contribution in [3.05, 3.63) is 58.6 Å². The molecular formula is C17H15BrN4S. The molecule has 4 rings (SSSR count). The van der Waals surface area contributed by atoms with Crippen LogP contribution in [-0.2, 0) is 6.67 Å². The summed E-state index contributed by atoms with van der Waals surface area (Å²) in [5, 5.41) is 9.70. The summed E-state index contributed by atoms with van der Waals surface area (Å²) in [7, 11) is 0. The summed E-state index contributed by atoms with van der Waals surface area (Å²) in [4.78, 5) is 2.34. The Morgan fingerprint density at radius 1 is 1.00 bits per heavy atom. The molecule has 0 bridgehead atoms. The van der Waals surface area contributed by atoms with Crippen LogP contribution in [-0.4, -0.2) is 20.6 Å². The number of hydrogen-bond donors (Lipinski definition) is 0. The number of aryl methyl sites for hydroxylation is 1. The molecular weight excluding hydrogens is 372 g/mol. The summed E-state index contributed by atoms with van der Waals surface area (Å²) in [6, 6.07) is 16.8. The van der Waals surface area contributed by atoms with Crippen LogP contribution in [0, 0.1) is 6.92 Å². The summed E-state index contributed by atoms with van der Waals surface area (Å²) >= 11 is 5.19. The number of hydrogen-bond acceptors (Lipinski definition) is 4. The SMILES string of the molecule is Cc1ccc(N2CSc3nnc(-c4ccc(Br)cc4)n3C2)cc1. The van der Waals surface area contributed by atoms with Crippen LogP contribution in [0.5, 0.6) is 0 Å². The third-order valence-corrected chi connectivity index (χ3v) is 5.41. The summed E-state index contributed by atoms with van der Waals surface area (Å²) in [5.41, 5.74) is 3.58. The number of nitrogens with zero attached hydrogens (tertiary/aromatic N) is 4. The van der Waals surface area contributed by atoms with E-state index in [2.05, 4.69) is 78.9 Å². The zero-order chi connectivity index (χ0) is 15.8. The van der Waals surface area contributed by atoms with Crippen molar-refractivity contribution in [1.82, 2.24) is 14.8 Å². The summed E-state index contributed by atoms with van der Waals surface area (Å²) < 4.78 is 3.24. The van der Waals surface area contributed by atoms with Gasteiger partial charge in [-0.25, -0.2) is 0 Å². The van der Waals surface area contributed by atoms with Gasteiger partial charge < -0.3 is 4.90 Å². The molecule has 2 heterocycles. The van der Waals surface area contributed by atoms with Crippen molar-refractivity contribution in [2.75, 3.05) is 10.8 Å².